The van der Waals surface area contributed by atoms with Crippen LogP contribution in [0.3, 0.4) is 0 Å². The fourth-order valence-electron chi connectivity index (χ4n) is 1.80. The maximum absolute atomic E-state index is 4.51. The molecule has 1 atom stereocenters. The molecule has 1 unspecified atom stereocenters. The lowest BCUT2D eigenvalue weighted by Gasteiger charge is -2.21. The van der Waals surface area contributed by atoms with Gasteiger partial charge in [-0.15, -0.1) is 0 Å². The average Bonchev–Trinajstić information content (AvgIpc) is 2.38. The maximum Gasteiger partial charge on any atom is 0.157 e. The average molecular weight is 234 g/mol. The molecule has 0 saturated carbocycles. The van der Waals surface area contributed by atoms with Gasteiger partial charge in [-0.25, -0.2) is 0 Å². The minimum absolute atomic E-state index is 0.394. The summed E-state index contributed by atoms with van der Waals surface area (Å²) in [5.41, 5.74) is 1.35. The van der Waals surface area contributed by atoms with Crippen LogP contribution in [0, 0.1) is 0 Å². The molecule has 0 amide bonds. The van der Waals surface area contributed by atoms with Crippen LogP contribution in [0.15, 0.2) is 35.3 Å². The van der Waals surface area contributed by atoms with Crippen LogP contribution in [0.4, 0.5) is 0 Å². The zero-order chi connectivity index (χ0) is 11.2. The van der Waals surface area contributed by atoms with Gasteiger partial charge in [0.15, 0.2) is 5.17 Å². The Bertz CT molecular complexity index is 348. The van der Waals surface area contributed by atoms with E-state index in [-0.39, 0.29) is 0 Å². The number of amidine groups is 1. The quantitative estimate of drug-likeness (QED) is 0.868. The lowest BCUT2D eigenvalue weighted by atomic mass is 10.1. The molecule has 1 heterocycles. The van der Waals surface area contributed by atoms with Gasteiger partial charge in [0, 0.05) is 12.3 Å². The number of nitrogens with zero attached hydrogens (tertiary/aromatic N) is 1. The van der Waals surface area contributed by atoms with Gasteiger partial charge in [0.05, 0.1) is 6.04 Å². The molecule has 0 bridgehead atoms. The Hall–Kier alpha value is -0.960. The summed E-state index contributed by atoms with van der Waals surface area (Å²) in [6.07, 6.45) is 2.29. The Morgan fingerprint density at radius 2 is 2.19 bits per heavy atom. The Labute approximate surface area is 102 Å². The summed E-state index contributed by atoms with van der Waals surface area (Å²) in [6, 6.07) is 11.0. The SMILES string of the molecule is CCC(NC1=NCCCS1)c1ccccc1. The van der Waals surface area contributed by atoms with Crippen LogP contribution in [-0.2, 0) is 0 Å². The second-order valence-electron chi connectivity index (χ2n) is 3.90. The molecule has 0 aliphatic carbocycles. The van der Waals surface area contributed by atoms with Gasteiger partial charge >= 0.3 is 0 Å². The molecule has 1 aromatic carbocycles. The summed E-state index contributed by atoms with van der Waals surface area (Å²) >= 11 is 1.84. The lowest BCUT2D eigenvalue weighted by molar-refractivity contribution is 0.627. The van der Waals surface area contributed by atoms with Crippen molar-refractivity contribution < 1.29 is 0 Å². The van der Waals surface area contributed by atoms with Crippen LogP contribution in [-0.4, -0.2) is 17.5 Å². The fraction of sp³-hybridized carbons (Fsp3) is 0.462. The highest BCUT2D eigenvalue weighted by molar-refractivity contribution is 8.13. The van der Waals surface area contributed by atoms with Crippen LogP contribution >= 0.6 is 11.8 Å². The van der Waals surface area contributed by atoms with E-state index >= 15 is 0 Å². The molecule has 2 nitrogen and oxygen atoms in total. The number of hydrogen-bond acceptors (Lipinski definition) is 3. The summed E-state index contributed by atoms with van der Waals surface area (Å²) in [7, 11) is 0. The Morgan fingerprint density at radius 3 is 2.81 bits per heavy atom. The fourth-order valence-corrected chi connectivity index (χ4v) is 2.68. The van der Waals surface area contributed by atoms with E-state index in [9.17, 15) is 0 Å². The first-order chi connectivity index (χ1) is 7.90. The molecule has 1 N–H and O–H groups in total. The molecule has 0 fully saturated rings. The second kappa shape index (κ2) is 5.94. The van der Waals surface area contributed by atoms with Gasteiger partial charge in [-0.1, -0.05) is 49.0 Å². The number of aliphatic imine (C=N–C) groups is 1. The topological polar surface area (TPSA) is 24.4 Å². The molecular formula is C13H18N2S. The molecule has 86 valence electrons. The van der Waals surface area contributed by atoms with Gasteiger partial charge in [-0.2, -0.15) is 0 Å². The predicted molar refractivity (Wildman–Crippen MR) is 72.0 cm³/mol. The van der Waals surface area contributed by atoms with E-state index in [1.807, 2.05) is 11.8 Å². The van der Waals surface area contributed by atoms with E-state index in [1.54, 1.807) is 0 Å². The highest BCUT2D eigenvalue weighted by Gasteiger charge is 2.12. The number of thioether (sulfide) groups is 1. The normalized spacial score (nSPS) is 17.7. The predicted octanol–water partition coefficient (Wildman–Crippen LogP) is 3.22. The first-order valence-electron chi connectivity index (χ1n) is 5.89. The molecule has 0 aromatic heterocycles. The third kappa shape index (κ3) is 3.01. The zero-order valence-corrected chi connectivity index (χ0v) is 10.5. The first-order valence-corrected chi connectivity index (χ1v) is 6.87. The Balaban J connectivity index is 2.03. The van der Waals surface area contributed by atoms with Crippen molar-refractivity contribution in [1.82, 2.24) is 5.32 Å². The number of hydrogen-bond donors (Lipinski definition) is 1. The molecule has 0 radical (unpaired) electrons. The van der Waals surface area contributed by atoms with E-state index in [2.05, 4.69) is 47.6 Å². The van der Waals surface area contributed by atoms with Crippen LogP contribution in [0.1, 0.15) is 31.4 Å². The van der Waals surface area contributed by atoms with Crippen LogP contribution in [0.25, 0.3) is 0 Å². The van der Waals surface area contributed by atoms with Crippen molar-refractivity contribution in [2.45, 2.75) is 25.8 Å². The van der Waals surface area contributed by atoms with E-state index in [4.69, 9.17) is 0 Å². The molecule has 1 aliphatic rings. The molecule has 3 heteroatoms. The summed E-state index contributed by atoms with van der Waals surface area (Å²) < 4.78 is 0. The van der Waals surface area contributed by atoms with Gasteiger partial charge < -0.3 is 5.32 Å². The number of rotatable bonds is 3. The monoisotopic (exact) mass is 234 g/mol. The molecule has 0 spiro atoms. The Morgan fingerprint density at radius 1 is 1.38 bits per heavy atom. The van der Waals surface area contributed by atoms with Gasteiger partial charge in [0.25, 0.3) is 0 Å². The van der Waals surface area contributed by atoms with Crippen LogP contribution in [0.2, 0.25) is 0 Å². The van der Waals surface area contributed by atoms with Crippen molar-refractivity contribution in [1.29, 1.82) is 0 Å². The second-order valence-corrected chi connectivity index (χ2v) is 4.99. The minimum atomic E-state index is 0.394. The first kappa shape index (κ1) is 11.5. The third-order valence-electron chi connectivity index (χ3n) is 2.70. The summed E-state index contributed by atoms with van der Waals surface area (Å²) in [5.74, 6) is 1.19. The minimum Gasteiger partial charge on any atom is -0.358 e. The molecule has 16 heavy (non-hydrogen) atoms. The van der Waals surface area contributed by atoms with Crippen molar-refractivity contribution in [3.05, 3.63) is 35.9 Å². The molecular weight excluding hydrogens is 216 g/mol. The van der Waals surface area contributed by atoms with Gasteiger partial charge in [0.1, 0.15) is 0 Å². The van der Waals surface area contributed by atoms with Crippen LogP contribution < -0.4 is 5.32 Å². The van der Waals surface area contributed by atoms with Gasteiger partial charge in [-0.3, -0.25) is 4.99 Å². The molecule has 1 aromatic rings. The molecule has 1 aliphatic heterocycles. The van der Waals surface area contributed by atoms with E-state index in [0.717, 1.165) is 18.1 Å². The van der Waals surface area contributed by atoms with E-state index in [1.165, 1.54) is 17.7 Å². The largest absolute Gasteiger partial charge is 0.358 e. The van der Waals surface area contributed by atoms with Crippen molar-refractivity contribution in [3.63, 3.8) is 0 Å². The van der Waals surface area contributed by atoms with E-state index < -0.39 is 0 Å². The molecule has 0 saturated heterocycles. The smallest absolute Gasteiger partial charge is 0.157 e. The highest BCUT2D eigenvalue weighted by Crippen LogP contribution is 2.19. The zero-order valence-electron chi connectivity index (χ0n) is 9.65. The summed E-state index contributed by atoms with van der Waals surface area (Å²) in [4.78, 5) is 4.51. The number of benzene rings is 1. The van der Waals surface area contributed by atoms with Crippen molar-refractivity contribution in [2.75, 3.05) is 12.3 Å². The Kier molecular flexibility index (Phi) is 4.28. The lowest BCUT2D eigenvalue weighted by Crippen LogP contribution is -2.28. The van der Waals surface area contributed by atoms with E-state index in [0.29, 0.717) is 6.04 Å². The van der Waals surface area contributed by atoms with Crippen molar-refractivity contribution in [2.24, 2.45) is 4.99 Å². The van der Waals surface area contributed by atoms with Crippen molar-refractivity contribution in [3.8, 4) is 0 Å². The van der Waals surface area contributed by atoms with Gasteiger partial charge in [0.2, 0.25) is 0 Å². The van der Waals surface area contributed by atoms with Crippen LogP contribution in [0.5, 0.6) is 0 Å². The highest BCUT2D eigenvalue weighted by atomic mass is 32.2. The summed E-state index contributed by atoms with van der Waals surface area (Å²) in [5, 5.41) is 4.65. The maximum atomic E-state index is 4.51. The van der Waals surface area contributed by atoms with Gasteiger partial charge in [-0.05, 0) is 18.4 Å². The summed E-state index contributed by atoms with van der Waals surface area (Å²) in [6.45, 7) is 3.18. The third-order valence-corrected chi connectivity index (χ3v) is 3.72. The molecule has 2 rings (SSSR count). The number of nitrogens with one attached hydrogen (secondary N) is 1. The van der Waals surface area contributed by atoms with Crippen molar-refractivity contribution >= 4 is 16.9 Å². The standard InChI is InChI=1S/C13H18N2S/c1-2-12(11-7-4-3-5-8-11)15-13-14-9-6-10-16-13/h3-5,7-8,12H,2,6,9-10H2,1H3,(H,14,15).